The number of aliphatic hydroxyl groups is 1. The SMILES string of the molecule is OC1O/C(=C\c2ccc(Br)cc2)c2cc(Cl)c(Cl)cc21. The van der Waals surface area contributed by atoms with Gasteiger partial charge in [-0.15, -0.1) is 0 Å². The number of hydrogen-bond donors (Lipinski definition) is 1. The van der Waals surface area contributed by atoms with Crippen LogP contribution in [-0.4, -0.2) is 5.11 Å². The molecule has 20 heavy (non-hydrogen) atoms. The molecule has 0 spiro atoms. The minimum Gasteiger partial charge on any atom is -0.460 e. The second-order valence-corrected chi connectivity index (χ2v) is 6.11. The van der Waals surface area contributed by atoms with Crippen molar-refractivity contribution in [3.05, 3.63) is 67.6 Å². The highest BCUT2D eigenvalue weighted by molar-refractivity contribution is 9.10. The summed E-state index contributed by atoms with van der Waals surface area (Å²) in [6, 6.07) is 11.1. The molecule has 1 aliphatic rings. The zero-order valence-electron chi connectivity index (χ0n) is 10.1. The van der Waals surface area contributed by atoms with Crippen molar-refractivity contribution in [2.75, 3.05) is 0 Å². The Labute approximate surface area is 134 Å². The van der Waals surface area contributed by atoms with E-state index in [2.05, 4.69) is 15.9 Å². The van der Waals surface area contributed by atoms with E-state index in [0.29, 0.717) is 21.4 Å². The van der Waals surface area contributed by atoms with Crippen molar-refractivity contribution in [1.82, 2.24) is 0 Å². The Morgan fingerprint density at radius 2 is 1.75 bits per heavy atom. The van der Waals surface area contributed by atoms with Crippen molar-refractivity contribution >= 4 is 51.0 Å². The van der Waals surface area contributed by atoms with Gasteiger partial charge in [-0.3, -0.25) is 0 Å². The molecule has 0 radical (unpaired) electrons. The summed E-state index contributed by atoms with van der Waals surface area (Å²) in [5.41, 5.74) is 2.35. The summed E-state index contributed by atoms with van der Waals surface area (Å²) >= 11 is 15.4. The molecule has 1 heterocycles. The van der Waals surface area contributed by atoms with E-state index in [9.17, 15) is 5.11 Å². The molecule has 3 rings (SSSR count). The third-order valence-corrected chi connectivity index (χ3v) is 4.28. The van der Waals surface area contributed by atoms with Gasteiger partial charge in [0.2, 0.25) is 6.29 Å². The summed E-state index contributed by atoms with van der Waals surface area (Å²) in [6.45, 7) is 0. The summed E-state index contributed by atoms with van der Waals surface area (Å²) < 4.78 is 6.47. The zero-order chi connectivity index (χ0) is 14.3. The normalized spacial score (nSPS) is 19.0. The Hall–Kier alpha value is -1.000. The molecule has 0 aliphatic carbocycles. The predicted octanol–water partition coefficient (Wildman–Crippen LogP) is 5.28. The molecule has 102 valence electrons. The van der Waals surface area contributed by atoms with E-state index >= 15 is 0 Å². The highest BCUT2D eigenvalue weighted by atomic mass is 79.9. The Morgan fingerprint density at radius 1 is 1.10 bits per heavy atom. The number of hydrogen-bond acceptors (Lipinski definition) is 2. The van der Waals surface area contributed by atoms with E-state index in [0.717, 1.165) is 15.6 Å². The lowest BCUT2D eigenvalue weighted by Crippen LogP contribution is -1.91. The number of rotatable bonds is 1. The minimum atomic E-state index is -1.01. The van der Waals surface area contributed by atoms with Crippen molar-refractivity contribution in [2.45, 2.75) is 6.29 Å². The van der Waals surface area contributed by atoms with Gasteiger partial charge in [0.1, 0.15) is 5.76 Å². The fraction of sp³-hybridized carbons (Fsp3) is 0.0667. The van der Waals surface area contributed by atoms with Crippen molar-refractivity contribution in [1.29, 1.82) is 0 Å². The first-order chi connectivity index (χ1) is 9.54. The average Bonchev–Trinajstić information content (AvgIpc) is 2.70. The van der Waals surface area contributed by atoms with Gasteiger partial charge in [-0.25, -0.2) is 0 Å². The first-order valence-electron chi connectivity index (χ1n) is 5.86. The molecule has 0 fully saturated rings. The standard InChI is InChI=1S/C15H9BrCl2O2/c16-9-3-1-8(2-4-9)5-14-10-6-12(17)13(18)7-11(10)15(19)20-14/h1-7,15,19H/b14-5-. The summed E-state index contributed by atoms with van der Waals surface area (Å²) in [5, 5.41) is 10.8. The van der Waals surface area contributed by atoms with Crippen molar-refractivity contribution < 1.29 is 9.84 Å². The summed E-state index contributed by atoms with van der Waals surface area (Å²) in [6.07, 6.45) is 0.840. The maximum absolute atomic E-state index is 9.92. The van der Waals surface area contributed by atoms with Gasteiger partial charge in [-0.2, -0.15) is 0 Å². The fourth-order valence-electron chi connectivity index (χ4n) is 2.05. The monoisotopic (exact) mass is 370 g/mol. The quantitative estimate of drug-likeness (QED) is 0.739. The van der Waals surface area contributed by atoms with Gasteiger partial charge < -0.3 is 9.84 Å². The second kappa shape index (κ2) is 5.41. The summed E-state index contributed by atoms with van der Waals surface area (Å²) in [7, 11) is 0. The van der Waals surface area contributed by atoms with Crippen LogP contribution in [0.1, 0.15) is 23.0 Å². The highest BCUT2D eigenvalue weighted by Crippen LogP contribution is 2.41. The van der Waals surface area contributed by atoms with E-state index in [-0.39, 0.29) is 0 Å². The van der Waals surface area contributed by atoms with Gasteiger partial charge in [0, 0.05) is 15.6 Å². The number of benzene rings is 2. The number of aliphatic hydroxyl groups excluding tert-OH is 1. The van der Waals surface area contributed by atoms with Gasteiger partial charge in [-0.05, 0) is 35.9 Å². The number of ether oxygens (including phenoxy) is 1. The Kier molecular flexibility index (Phi) is 3.78. The molecule has 2 nitrogen and oxygen atoms in total. The van der Waals surface area contributed by atoms with Crippen LogP contribution in [0, 0.1) is 0 Å². The molecule has 0 saturated carbocycles. The molecule has 0 saturated heterocycles. The first-order valence-corrected chi connectivity index (χ1v) is 7.41. The number of halogens is 3. The van der Waals surface area contributed by atoms with Crippen molar-refractivity contribution in [3.63, 3.8) is 0 Å². The highest BCUT2D eigenvalue weighted by Gasteiger charge is 2.27. The van der Waals surface area contributed by atoms with Crippen LogP contribution in [0.5, 0.6) is 0 Å². The van der Waals surface area contributed by atoms with Crippen LogP contribution in [0.15, 0.2) is 40.9 Å². The molecular weight excluding hydrogens is 363 g/mol. The van der Waals surface area contributed by atoms with E-state index in [4.69, 9.17) is 27.9 Å². The van der Waals surface area contributed by atoms with Crippen LogP contribution in [0.3, 0.4) is 0 Å². The van der Waals surface area contributed by atoms with E-state index < -0.39 is 6.29 Å². The molecule has 5 heteroatoms. The fourth-order valence-corrected chi connectivity index (χ4v) is 2.65. The van der Waals surface area contributed by atoms with Crippen LogP contribution in [0.4, 0.5) is 0 Å². The molecule has 0 amide bonds. The largest absolute Gasteiger partial charge is 0.460 e. The third kappa shape index (κ3) is 2.59. The minimum absolute atomic E-state index is 0.401. The van der Waals surface area contributed by atoms with E-state index in [1.807, 2.05) is 30.3 Å². The summed E-state index contributed by atoms with van der Waals surface area (Å²) in [4.78, 5) is 0. The summed E-state index contributed by atoms with van der Waals surface area (Å²) in [5.74, 6) is 0.577. The Bertz CT molecular complexity index is 696. The first kappa shape index (κ1) is 14.0. The molecule has 1 atom stereocenters. The Balaban J connectivity index is 2.06. The van der Waals surface area contributed by atoms with Crippen LogP contribution in [0.2, 0.25) is 10.0 Å². The smallest absolute Gasteiger partial charge is 0.225 e. The van der Waals surface area contributed by atoms with Gasteiger partial charge in [0.25, 0.3) is 0 Å². The third-order valence-electron chi connectivity index (χ3n) is 3.03. The molecule has 1 aliphatic heterocycles. The molecule has 1 N–H and O–H groups in total. The van der Waals surface area contributed by atoms with Crippen LogP contribution in [-0.2, 0) is 4.74 Å². The maximum atomic E-state index is 9.92. The van der Waals surface area contributed by atoms with Crippen molar-refractivity contribution in [2.24, 2.45) is 0 Å². The average molecular weight is 372 g/mol. The lowest BCUT2D eigenvalue weighted by Gasteiger charge is -2.03. The number of fused-ring (bicyclic) bond motifs is 1. The molecule has 2 aromatic carbocycles. The molecule has 0 aromatic heterocycles. The van der Waals surface area contributed by atoms with E-state index in [1.54, 1.807) is 12.1 Å². The predicted molar refractivity (Wildman–Crippen MR) is 84.5 cm³/mol. The lowest BCUT2D eigenvalue weighted by atomic mass is 10.1. The second-order valence-electron chi connectivity index (χ2n) is 4.38. The maximum Gasteiger partial charge on any atom is 0.225 e. The zero-order valence-corrected chi connectivity index (χ0v) is 13.2. The Morgan fingerprint density at radius 3 is 2.45 bits per heavy atom. The van der Waals surface area contributed by atoms with Gasteiger partial charge in [-0.1, -0.05) is 51.3 Å². The van der Waals surface area contributed by atoms with Gasteiger partial charge in [0.15, 0.2) is 0 Å². The van der Waals surface area contributed by atoms with Crippen molar-refractivity contribution in [3.8, 4) is 0 Å². The molecule has 1 unspecified atom stereocenters. The molecular formula is C15H9BrCl2O2. The van der Waals surface area contributed by atoms with E-state index in [1.165, 1.54) is 0 Å². The topological polar surface area (TPSA) is 29.5 Å². The molecule has 0 bridgehead atoms. The van der Waals surface area contributed by atoms with Gasteiger partial charge in [0.05, 0.1) is 10.0 Å². The van der Waals surface area contributed by atoms with Crippen LogP contribution in [0.25, 0.3) is 11.8 Å². The van der Waals surface area contributed by atoms with Crippen LogP contribution >= 0.6 is 39.1 Å². The van der Waals surface area contributed by atoms with Gasteiger partial charge >= 0.3 is 0 Å². The van der Waals surface area contributed by atoms with Crippen LogP contribution < -0.4 is 0 Å². The molecule has 2 aromatic rings. The lowest BCUT2D eigenvalue weighted by molar-refractivity contribution is -0.0289.